The number of thiophene rings is 1. The van der Waals surface area contributed by atoms with Crippen LogP contribution in [0.15, 0.2) is 41.8 Å². The van der Waals surface area contributed by atoms with E-state index in [4.69, 9.17) is 4.74 Å². The highest BCUT2D eigenvalue weighted by molar-refractivity contribution is 7.99. The molecule has 2 aromatic rings. The molecule has 1 atom stereocenters. The summed E-state index contributed by atoms with van der Waals surface area (Å²) in [5, 5.41) is 2.64. The molecule has 0 aliphatic carbocycles. The Balaban J connectivity index is 1.49. The summed E-state index contributed by atoms with van der Waals surface area (Å²) in [7, 11) is 0. The lowest BCUT2D eigenvalue weighted by Crippen LogP contribution is -2.36. The van der Waals surface area contributed by atoms with Crippen LogP contribution in [0.3, 0.4) is 0 Å². The van der Waals surface area contributed by atoms with Crippen molar-refractivity contribution in [2.24, 2.45) is 0 Å². The highest BCUT2D eigenvalue weighted by Crippen LogP contribution is 2.36. The van der Waals surface area contributed by atoms with E-state index in [1.807, 2.05) is 40.1 Å². The molecular formula is C20H25NO2S2. The lowest BCUT2D eigenvalue weighted by Gasteiger charge is -2.20. The molecule has 1 aliphatic rings. The van der Waals surface area contributed by atoms with Crippen LogP contribution in [0.4, 0.5) is 0 Å². The average Bonchev–Trinajstić information content (AvgIpc) is 3.04. The highest BCUT2D eigenvalue weighted by atomic mass is 32.2. The van der Waals surface area contributed by atoms with E-state index in [9.17, 15) is 4.79 Å². The van der Waals surface area contributed by atoms with E-state index < -0.39 is 0 Å². The van der Waals surface area contributed by atoms with Crippen LogP contribution < -0.4 is 4.74 Å². The van der Waals surface area contributed by atoms with Gasteiger partial charge in [-0.15, -0.1) is 11.3 Å². The van der Waals surface area contributed by atoms with E-state index in [0.29, 0.717) is 11.2 Å². The number of amides is 1. The molecule has 3 rings (SSSR count). The first-order valence-corrected chi connectivity index (χ1v) is 10.7. The Morgan fingerprint density at radius 1 is 1.24 bits per heavy atom. The van der Waals surface area contributed by atoms with E-state index in [-0.39, 0.29) is 12.5 Å². The van der Waals surface area contributed by atoms with Crippen molar-refractivity contribution in [2.45, 2.75) is 31.4 Å². The lowest BCUT2D eigenvalue weighted by molar-refractivity contribution is -0.133. The van der Waals surface area contributed by atoms with Crippen LogP contribution >= 0.6 is 23.1 Å². The Bertz CT molecular complexity index is 668. The first kappa shape index (κ1) is 18.3. The maximum atomic E-state index is 12.5. The summed E-state index contributed by atoms with van der Waals surface area (Å²) in [5.74, 6) is 2.33. The topological polar surface area (TPSA) is 29.5 Å². The fourth-order valence-electron chi connectivity index (χ4n) is 2.91. The maximum absolute atomic E-state index is 12.5. The lowest BCUT2D eigenvalue weighted by atomic mass is 10.0. The third-order valence-corrected chi connectivity index (χ3v) is 6.91. The van der Waals surface area contributed by atoms with Crippen LogP contribution in [0, 0.1) is 0 Å². The van der Waals surface area contributed by atoms with Gasteiger partial charge in [-0.25, -0.2) is 0 Å². The number of thioether (sulfide) groups is 1. The fourth-order valence-corrected chi connectivity index (χ4v) is 5.14. The Morgan fingerprint density at radius 3 is 2.72 bits per heavy atom. The summed E-state index contributed by atoms with van der Waals surface area (Å²) in [5.41, 5.74) is 1.28. The molecule has 134 valence electrons. The molecular weight excluding hydrogens is 350 g/mol. The number of hydrogen-bond acceptors (Lipinski definition) is 4. The minimum atomic E-state index is 0.0837. The molecule has 1 fully saturated rings. The SMILES string of the molecule is CC(C)c1ccc(OCC(=O)N2CCSC(c3cccs3)CC2)cc1. The van der Waals surface area contributed by atoms with Gasteiger partial charge in [-0.1, -0.05) is 32.0 Å². The molecule has 1 aliphatic heterocycles. The second-order valence-corrected chi connectivity index (χ2v) is 8.85. The van der Waals surface area contributed by atoms with E-state index in [1.54, 1.807) is 0 Å². The monoisotopic (exact) mass is 375 g/mol. The molecule has 1 amide bonds. The van der Waals surface area contributed by atoms with Crippen LogP contribution in [0.2, 0.25) is 0 Å². The van der Waals surface area contributed by atoms with Crippen LogP contribution in [0.1, 0.15) is 41.9 Å². The first-order valence-electron chi connectivity index (χ1n) is 8.79. The number of rotatable bonds is 5. The highest BCUT2D eigenvalue weighted by Gasteiger charge is 2.22. The van der Waals surface area contributed by atoms with Gasteiger partial charge in [-0.3, -0.25) is 4.79 Å². The minimum absolute atomic E-state index is 0.0837. The van der Waals surface area contributed by atoms with Crippen LogP contribution in [-0.4, -0.2) is 36.3 Å². The standard InChI is InChI=1S/C20H25NO2S2/c1-15(2)16-5-7-17(8-6-16)23-14-20(22)21-10-9-19(25-13-11-21)18-4-3-12-24-18/h3-8,12,15,19H,9-11,13-14H2,1-2H3. The largest absolute Gasteiger partial charge is 0.484 e. The number of nitrogens with zero attached hydrogens (tertiary/aromatic N) is 1. The third-order valence-electron chi connectivity index (χ3n) is 4.46. The number of benzene rings is 1. The van der Waals surface area contributed by atoms with Gasteiger partial charge < -0.3 is 9.64 Å². The van der Waals surface area contributed by atoms with Crippen LogP contribution in [0.5, 0.6) is 5.75 Å². The normalized spacial score (nSPS) is 18.2. The maximum Gasteiger partial charge on any atom is 0.260 e. The molecule has 1 aromatic carbocycles. The fraction of sp³-hybridized carbons (Fsp3) is 0.450. The Labute approximate surface area is 158 Å². The third kappa shape index (κ3) is 5.02. The van der Waals surface area contributed by atoms with Gasteiger partial charge in [-0.2, -0.15) is 11.8 Å². The molecule has 0 spiro atoms. The Hall–Kier alpha value is -1.46. The van der Waals surface area contributed by atoms with Crippen LogP contribution in [-0.2, 0) is 4.79 Å². The molecule has 0 bridgehead atoms. The van der Waals surface area contributed by atoms with Crippen molar-refractivity contribution >= 4 is 29.0 Å². The van der Waals surface area contributed by atoms with Gasteiger partial charge in [0, 0.05) is 29.0 Å². The number of hydrogen-bond donors (Lipinski definition) is 0. The quantitative estimate of drug-likeness (QED) is 0.740. The molecule has 0 radical (unpaired) electrons. The van der Waals surface area contributed by atoms with Gasteiger partial charge in [0.25, 0.3) is 5.91 Å². The number of carbonyl (C=O) groups is 1. The Kier molecular flexibility index (Phi) is 6.43. The predicted octanol–water partition coefficient (Wildman–Crippen LogP) is 4.96. The molecule has 1 saturated heterocycles. The van der Waals surface area contributed by atoms with Gasteiger partial charge >= 0.3 is 0 Å². The Morgan fingerprint density at radius 2 is 2.04 bits per heavy atom. The molecule has 1 unspecified atom stereocenters. The smallest absolute Gasteiger partial charge is 0.260 e. The summed E-state index contributed by atoms with van der Waals surface area (Å²) in [6.45, 7) is 6.07. The van der Waals surface area contributed by atoms with Gasteiger partial charge in [0.1, 0.15) is 5.75 Å². The first-order chi connectivity index (χ1) is 12.1. The predicted molar refractivity (Wildman–Crippen MR) is 107 cm³/mol. The molecule has 25 heavy (non-hydrogen) atoms. The summed E-state index contributed by atoms with van der Waals surface area (Å²) < 4.78 is 5.70. The van der Waals surface area contributed by atoms with Gasteiger partial charge in [-0.05, 0) is 41.5 Å². The van der Waals surface area contributed by atoms with E-state index >= 15 is 0 Å². The van der Waals surface area contributed by atoms with Crippen molar-refractivity contribution in [3.63, 3.8) is 0 Å². The minimum Gasteiger partial charge on any atom is -0.484 e. The average molecular weight is 376 g/mol. The molecule has 1 aromatic heterocycles. The van der Waals surface area contributed by atoms with E-state index in [0.717, 1.165) is 31.0 Å². The summed E-state index contributed by atoms with van der Waals surface area (Å²) in [6.07, 6.45) is 1.01. The molecule has 5 heteroatoms. The zero-order valence-corrected chi connectivity index (χ0v) is 16.4. The summed E-state index contributed by atoms with van der Waals surface area (Å²) >= 11 is 3.77. The van der Waals surface area contributed by atoms with E-state index in [2.05, 4.69) is 43.5 Å². The van der Waals surface area contributed by atoms with E-state index in [1.165, 1.54) is 10.4 Å². The molecule has 0 N–H and O–H groups in total. The van der Waals surface area contributed by atoms with Crippen molar-refractivity contribution < 1.29 is 9.53 Å². The summed E-state index contributed by atoms with van der Waals surface area (Å²) in [6, 6.07) is 12.3. The number of carbonyl (C=O) groups excluding carboxylic acids is 1. The molecule has 2 heterocycles. The molecule has 0 saturated carbocycles. The van der Waals surface area contributed by atoms with Crippen molar-refractivity contribution in [3.05, 3.63) is 52.2 Å². The van der Waals surface area contributed by atoms with Crippen molar-refractivity contribution in [2.75, 3.05) is 25.4 Å². The zero-order valence-electron chi connectivity index (χ0n) is 14.8. The second-order valence-electron chi connectivity index (χ2n) is 6.56. The number of ether oxygens (including phenoxy) is 1. The van der Waals surface area contributed by atoms with Crippen molar-refractivity contribution in [1.29, 1.82) is 0 Å². The van der Waals surface area contributed by atoms with Crippen molar-refractivity contribution in [3.8, 4) is 5.75 Å². The summed E-state index contributed by atoms with van der Waals surface area (Å²) in [4.78, 5) is 15.9. The van der Waals surface area contributed by atoms with Gasteiger partial charge in [0.05, 0.1) is 0 Å². The zero-order chi connectivity index (χ0) is 17.6. The van der Waals surface area contributed by atoms with Crippen LogP contribution in [0.25, 0.3) is 0 Å². The van der Waals surface area contributed by atoms with Gasteiger partial charge in [0.15, 0.2) is 6.61 Å². The van der Waals surface area contributed by atoms with Gasteiger partial charge in [0.2, 0.25) is 0 Å². The molecule has 3 nitrogen and oxygen atoms in total. The second kappa shape index (κ2) is 8.77. The van der Waals surface area contributed by atoms with Crippen molar-refractivity contribution in [1.82, 2.24) is 4.90 Å².